The summed E-state index contributed by atoms with van der Waals surface area (Å²) in [5.74, 6) is 0.923. The Hall–Kier alpha value is -1.25. The summed E-state index contributed by atoms with van der Waals surface area (Å²) in [6, 6.07) is 10.8. The monoisotopic (exact) mass is 324 g/mol. The van der Waals surface area contributed by atoms with Gasteiger partial charge in [-0.3, -0.25) is 0 Å². The van der Waals surface area contributed by atoms with E-state index in [1.165, 1.54) is 30.5 Å². The Kier molecular flexibility index (Phi) is 4.10. The number of rotatable bonds is 4. The normalized spacial score (nSPS) is 15.8. The van der Waals surface area contributed by atoms with Crippen molar-refractivity contribution < 1.29 is 9.13 Å². The minimum atomic E-state index is -0.488. The first kappa shape index (κ1) is 14.7. The third-order valence-corrected chi connectivity index (χ3v) is 4.42. The quantitative estimate of drug-likeness (QED) is 0.613. The zero-order valence-electron chi connectivity index (χ0n) is 11.6. The van der Waals surface area contributed by atoms with Crippen LogP contribution in [0.3, 0.4) is 0 Å². The summed E-state index contributed by atoms with van der Waals surface area (Å²) in [5, 5.41) is 0.431. The minimum Gasteiger partial charge on any atom is -0.486 e. The number of hydrogen-bond acceptors (Lipinski definition) is 1. The van der Waals surface area contributed by atoms with E-state index in [0.29, 0.717) is 16.5 Å². The van der Waals surface area contributed by atoms with Crippen molar-refractivity contribution in [1.82, 2.24) is 0 Å². The lowest BCUT2D eigenvalue weighted by Crippen LogP contribution is -2.06. The molecule has 0 aliphatic heterocycles. The van der Waals surface area contributed by atoms with Gasteiger partial charge >= 0.3 is 0 Å². The molecule has 0 bridgehead atoms. The Balaban J connectivity index is 1.84. The van der Waals surface area contributed by atoms with Gasteiger partial charge in [0.1, 0.15) is 17.7 Å². The number of hydrogen-bond donors (Lipinski definition) is 0. The van der Waals surface area contributed by atoms with Gasteiger partial charge in [0, 0.05) is 10.6 Å². The lowest BCUT2D eigenvalue weighted by atomic mass is 10.1. The van der Waals surface area contributed by atoms with Crippen LogP contribution in [0.25, 0.3) is 0 Å². The van der Waals surface area contributed by atoms with E-state index in [-0.39, 0.29) is 5.02 Å². The van der Waals surface area contributed by atoms with Crippen molar-refractivity contribution in [2.75, 3.05) is 0 Å². The molecule has 2 aromatic carbocycles. The summed E-state index contributed by atoms with van der Waals surface area (Å²) in [4.78, 5) is 0. The maximum atomic E-state index is 13.6. The Morgan fingerprint density at radius 1 is 1.19 bits per heavy atom. The first-order valence-electron chi connectivity index (χ1n) is 6.96. The van der Waals surface area contributed by atoms with Gasteiger partial charge in [0.05, 0.1) is 5.02 Å². The molecule has 1 aliphatic carbocycles. The van der Waals surface area contributed by atoms with Crippen LogP contribution < -0.4 is 4.74 Å². The van der Waals surface area contributed by atoms with Crippen molar-refractivity contribution in [1.29, 1.82) is 0 Å². The first-order valence-corrected chi connectivity index (χ1v) is 7.72. The molecule has 110 valence electrons. The molecule has 0 aromatic heterocycles. The van der Waals surface area contributed by atoms with E-state index in [1.54, 1.807) is 0 Å². The highest BCUT2D eigenvalue weighted by molar-refractivity contribution is 6.36. The average molecular weight is 325 g/mol. The predicted molar refractivity (Wildman–Crippen MR) is 83.9 cm³/mol. The van der Waals surface area contributed by atoms with Crippen molar-refractivity contribution in [2.45, 2.75) is 31.8 Å². The molecule has 1 aliphatic rings. The lowest BCUT2D eigenvalue weighted by Gasteiger charge is -2.18. The van der Waals surface area contributed by atoms with Crippen LogP contribution in [0.1, 0.15) is 42.9 Å². The molecular formula is C17H15Cl2FO. The number of halogens is 3. The molecule has 3 rings (SSSR count). The standard InChI is InChI=1S/C17H15Cl2FO/c1-10(16-14(18)7-8-15(20)17(16)19)21-13-4-2-3-12(9-13)11-5-6-11/h2-4,7-11H,5-6H2,1H3/t10-/m0/s1. The van der Waals surface area contributed by atoms with Crippen molar-refractivity contribution in [3.63, 3.8) is 0 Å². The highest BCUT2D eigenvalue weighted by atomic mass is 35.5. The Morgan fingerprint density at radius 2 is 1.95 bits per heavy atom. The molecule has 4 heteroatoms. The second-order valence-electron chi connectivity index (χ2n) is 5.36. The van der Waals surface area contributed by atoms with Gasteiger partial charge in [0.15, 0.2) is 0 Å². The molecule has 0 heterocycles. The fourth-order valence-corrected chi connectivity index (χ4v) is 3.11. The number of ether oxygens (including phenoxy) is 1. The molecule has 0 unspecified atom stereocenters. The molecular weight excluding hydrogens is 310 g/mol. The van der Waals surface area contributed by atoms with Crippen LogP contribution in [0, 0.1) is 5.82 Å². The van der Waals surface area contributed by atoms with E-state index in [9.17, 15) is 4.39 Å². The highest BCUT2D eigenvalue weighted by Crippen LogP contribution is 2.41. The topological polar surface area (TPSA) is 9.23 Å². The first-order chi connectivity index (χ1) is 10.1. The molecule has 0 radical (unpaired) electrons. The summed E-state index contributed by atoms with van der Waals surface area (Å²) in [6.45, 7) is 1.82. The zero-order valence-corrected chi connectivity index (χ0v) is 13.1. The minimum absolute atomic E-state index is 0.0216. The summed E-state index contributed by atoms with van der Waals surface area (Å²) in [6.07, 6.45) is 2.05. The van der Waals surface area contributed by atoms with E-state index in [2.05, 4.69) is 6.07 Å². The van der Waals surface area contributed by atoms with E-state index in [1.807, 2.05) is 25.1 Å². The predicted octanol–water partition coefficient (Wildman–Crippen LogP) is 6.15. The number of benzene rings is 2. The Morgan fingerprint density at radius 3 is 2.67 bits per heavy atom. The molecule has 1 saturated carbocycles. The van der Waals surface area contributed by atoms with Crippen LogP contribution in [0.4, 0.5) is 4.39 Å². The average Bonchev–Trinajstić information content (AvgIpc) is 3.28. The molecule has 21 heavy (non-hydrogen) atoms. The van der Waals surface area contributed by atoms with Gasteiger partial charge in [-0.05, 0) is 55.5 Å². The second-order valence-corrected chi connectivity index (χ2v) is 6.15. The van der Waals surface area contributed by atoms with Crippen molar-refractivity contribution in [3.05, 3.63) is 63.4 Å². The fraction of sp³-hybridized carbons (Fsp3) is 0.294. The van der Waals surface area contributed by atoms with Crippen LogP contribution in [-0.4, -0.2) is 0 Å². The summed E-state index contributed by atoms with van der Waals surface area (Å²) >= 11 is 12.1. The molecule has 1 atom stereocenters. The van der Waals surface area contributed by atoms with Crippen molar-refractivity contribution >= 4 is 23.2 Å². The van der Waals surface area contributed by atoms with Crippen molar-refractivity contribution in [2.24, 2.45) is 0 Å². The van der Waals surface area contributed by atoms with Gasteiger partial charge in [-0.2, -0.15) is 0 Å². The van der Waals surface area contributed by atoms with Crippen molar-refractivity contribution in [3.8, 4) is 5.75 Å². The molecule has 1 nitrogen and oxygen atoms in total. The SMILES string of the molecule is C[C@H](Oc1cccc(C2CC2)c1)c1c(Cl)ccc(F)c1Cl. The molecule has 0 saturated heterocycles. The van der Waals surface area contributed by atoms with E-state index >= 15 is 0 Å². The lowest BCUT2D eigenvalue weighted by molar-refractivity contribution is 0.226. The van der Waals surface area contributed by atoms with Gasteiger partial charge in [-0.15, -0.1) is 0 Å². The molecule has 0 amide bonds. The van der Waals surface area contributed by atoms with Gasteiger partial charge in [0.2, 0.25) is 0 Å². The second kappa shape index (κ2) is 5.86. The van der Waals surface area contributed by atoms with E-state index in [0.717, 1.165) is 5.75 Å². The molecule has 0 spiro atoms. The summed E-state index contributed by atoms with van der Waals surface area (Å²) in [5.41, 5.74) is 1.77. The van der Waals surface area contributed by atoms with E-state index < -0.39 is 11.9 Å². The van der Waals surface area contributed by atoms with Crippen LogP contribution in [0.5, 0.6) is 5.75 Å². The maximum absolute atomic E-state index is 13.6. The van der Waals surface area contributed by atoms with Crippen LogP contribution in [-0.2, 0) is 0 Å². The zero-order chi connectivity index (χ0) is 15.0. The Bertz CT molecular complexity index is 668. The summed E-state index contributed by atoms with van der Waals surface area (Å²) < 4.78 is 19.5. The maximum Gasteiger partial charge on any atom is 0.142 e. The highest BCUT2D eigenvalue weighted by Gasteiger charge is 2.24. The van der Waals surface area contributed by atoms with Crippen LogP contribution in [0.2, 0.25) is 10.0 Å². The molecule has 0 N–H and O–H groups in total. The molecule has 2 aromatic rings. The third kappa shape index (κ3) is 3.17. The van der Waals surface area contributed by atoms with Gasteiger partial charge in [-0.1, -0.05) is 35.3 Å². The fourth-order valence-electron chi connectivity index (χ4n) is 2.44. The van der Waals surface area contributed by atoms with Gasteiger partial charge in [0.25, 0.3) is 0 Å². The van der Waals surface area contributed by atoms with Gasteiger partial charge in [-0.25, -0.2) is 4.39 Å². The largest absolute Gasteiger partial charge is 0.486 e. The Labute approximate surface area is 133 Å². The van der Waals surface area contributed by atoms with Gasteiger partial charge < -0.3 is 4.74 Å². The third-order valence-electron chi connectivity index (χ3n) is 3.71. The molecule has 1 fully saturated rings. The van der Waals surface area contributed by atoms with E-state index in [4.69, 9.17) is 27.9 Å². The van der Waals surface area contributed by atoms with Crippen LogP contribution >= 0.6 is 23.2 Å². The van der Waals surface area contributed by atoms with Crippen LogP contribution in [0.15, 0.2) is 36.4 Å². The summed E-state index contributed by atoms with van der Waals surface area (Å²) in [7, 11) is 0. The smallest absolute Gasteiger partial charge is 0.142 e.